The van der Waals surface area contributed by atoms with Gasteiger partial charge in [-0.25, -0.2) is 15.3 Å². The first kappa shape index (κ1) is 24.7. The Labute approximate surface area is 196 Å². The summed E-state index contributed by atoms with van der Waals surface area (Å²) in [5.74, 6) is -0.0929. The lowest BCUT2D eigenvalue weighted by molar-refractivity contribution is -0.124. The van der Waals surface area contributed by atoms with E-state index in [9.17, 15) is 9.59 Å². The second kappa shape index (κ2) is 11.8. The van der Waals surface area contributed by atoms with E-state index >= 15 is 0 Å². The predicted molar refractivity (Wildman–Crippen MR) is 124 cm³/mol. The van der Waals surface area contributed by atoms with Crippen LogP contribution in [0.25, 0.3) is 6.08 Å². The molecular weight excluding hydrogens is 465 g/mol. The molecule has 0 atom stereocenters. The lowest BCUT2D eigenvalue weighted by Crippen LogP contribution is -2.44. The van der Waals surface area contributed by atoms with Crippen molar-refractivity contribution in [3.05, 3.63) is 58.2 Å². The summed E-state index contributed by atoms with van der Waals surface area (Å²) in [7, 11) is 0. The van der Waals surface area contributed by atoms with Crippen LogP contribution in [0, 0.1) is 0 Å². The van der Waals surface area contributed by atoms with Crippen molar-refractivity contribution in [2.24, 2.45) is 0 Å². The van der Waals surface area contributed by atoms with E-state index in [0.29, 0.717) is 40.2 Å². The first-order chi connectivity index (χ1) is 14.4. The summed E-state index contributed by atoms with van der Waals surface area (Å²) >= 11 is 12.1. The maximum absolute atomic E-state index is 12.4. The second-order valence-electron chi connectivity index (χ2n) is 6.75. The summed E-state index contributed by atoms with van der Waals surface area (Å²) in [5, 5.41) is 15.7. The number of carbonyl (C=O) groups excluding carboxylic acids is 2. The molecule has 4 N–H and O–H groups in total. The summed E-state index contributed by atoms with van der Waals surface area (Å²) in [6.07, 6.45) is 5.75. The number of nitrogens with one attached hydrogen (secondary N) is 3. The number of halogens is 3. The van der Waals surface area contributed by atoms with Crippen LogP contribution in [0.15, 0.2) is 42.6 Å². The third-order valence-corrected chi connectivity index (χ3v) is 5.16. The lowest BCUT2D eigenvalue weighted by Gasteiger charge is -2.32. The molecule has 1 aliphatic heterocycles. The van der Waals surface area contributed by atoms with Crippen molar-refractivity contribution in [1.82, 2.24) is 15.4 Å². The molecule has 1 aliphatic rings. The monoisotopic (exact) mass is 485 g/mol. The summed E-state index contributed by atoms with van der Waals surface area (Å²) < 4.78 is 0. The van der Waals surface area contributed by atoms with E-state index in [1.165, 1.54) is 17.6 Å². The number of aromatic nitrogens is 1. The molecule has 1 aromatic heterocycles. The number of hydrogen-bond acceptors (Lipinski definition) is 5. The zero-order chi connectivity index (χ0) is 21.5. The number of pyridine rings is 1. The number of piperidine rings is 1. The van der Waals surface area contributed by atoms with Gasteiger partial charge < -0.3 is 15.5 Å². The molecule has 2 aromatic rings. The Balaban J connectivity index is 0.00000341. The van der Waals surface area contributed by atoms with Crippen LogP contribution in [-0.4, -0.2) is 46.2 Å². The lowest BCUT2D eigenvalue weighted by atomic mass is 10.1. The maximum Gasteiger partial charge on any atom is 0.321 e. The molecule has 0 saturated carbocycles. The van der Waals surface area contributed by atoms with E-state index in [0.717, 1.165) is 12.8 Å². The van der Waals surface area contributed by atoms with Crippen molar-refractivity contribution in [3.63, 3.8) is 0 Å². The summed E-state index contributed by atoms with van der Waals surface area (Å²) in [5.41, 5.74) is 2.84. The highest BCUT2D eigenvalue weighted by molar-refractivity contribution is 6.33. The van der Waals surface area contributed by atoms with Crippen molar-refractivity contribution in [1.29, 1.82) is 0 Å². The van der Waals surface area contributed by atoms with E-state index in [2.05, 4.69) is 15.6 Å². The molecule has 0 bridgehead atoms. The minimum atomic E-state index is -0.639. The molecule has 31 heavy (non-hydrogen) atoms. The van der Waals surface area contributed by atoms with Crippen molar-refractivity contribution < 1.29 is 14.8 Å². The highest BCUT2D eigenvalue weighted by atomic mass is 35.5. The standard InChI is InChI=1S/C20H21Cl2N5O3.ClH/c21-14-2-4-15(5-3-14)25-20(29)27-9-7-16(8-10-27)24-19-17(22)11-13(12-23-19)1-6-18(28)26-30;/h1-6,11-12,16,30H,7-10H2,(H,23,24)(H,25,29)(H,26,28);1H. The molecule has 1 aromatic carbocycles. The SMILES string of the molecule is Cl.O=C(C=Cc1cnc(NC2CCN(C(=O)Nc3ccc(Cl)cc3)CC2)c(Cl)c1)NO. The van der Waals surface area contributed by atoms with Crippen LogP contribution in [0.1, 0.15) is 18.4 Å². The summed E-state index contributed by atoms with van der Waals surface area (Å²) in [6, 6.07) is 8.64. The number of anilines is 2. The van der Waals surface area contributed by atoms with Gasteiger partial charge in [0.25, 0.3) is 5.91 Å². The van der Waals surface area contributed by atoms with Crippen molar-refractivity contribution >= 4 is 65.1 Å². The molecular formula is C20H22Cl3N5O3. The van der Waals surface area contributed by atoms with Gasteiger partial charge in [-0.2, -0.15) is 0 Å². The molecule has 8 nitrogen and oxygen atoms in total. The van der Waals surface area contributed by atoms with Gasteiger partial charge in [-0.1, -0.05) is 23.2 Å². The molecule has 3 rings (SSSR count). The van der Waals surface area contributed by atoms with Gasteiger partial charge in [0.15, 0.2) is 0 Å². The Kier molecular flexibility index (Phi) is 9.39. The van der Waals surface area contributed by atoms with E-state index in [1.807, 2.05) is 0 Å². The van der Waals surface area contributed by atoms with Gasteiger partial charge in [0, 0.05) is 42.1 Å². The van der Waals surface area contributed by atoms with E-state index in [4.69, 9.17) is 28.4 Å². The van der Waals surface area contributed by atoms with Crippen LogP contribution < -0.4 is 16.1 Å². The smallest absolute Gasteiger partial charge is 0.321 e. The molecule has 0 spiro atoms. The van der Waals surface area contributed by atoms with Crippen LogP contribution in [0.5, 0.6) is 0 Å². The molecule has 0 aliphatic carbocycles. The Hall–Kier alpha value is -2.52. The zero-order valence-corrected chi connectivity index (χ0v) is 18.7. The number of urea groups is 1. The summed E-state index contributed by atoms with van der Waals surface area (Å²) in [4.78, 5) is 29.5. The van der Waals surface area contributed by atoms with Crippen LogP contribution in [0.2, 0.25) is 10.0 Å². The quantitative estimate of drug-likeness (QED) is 0.284. The fourth-order valence-electron chi connectivity index (χ4n) is 3.02. The van der Waals surface area contributed by atoms with Gasteiger partial charge in [-0.15, -0.1) is 12.4 Å². The molecule has 1 saturated heterocycles. The first-order valence-corrected chi connectivity index (χ1v) is 10.1. The van der Waals surface area contributed by atoms with Crippen LogP contribution in [0.4, 0.5) is 16.3 Å². The van der Waals surface area contributed by atoms with Gasteiger partial charge in [-0.05, 0) is 54.8 Å². The fraction of sp³-hybridized carbons (Fsp3) is 0.250. The zero-order valence-electron chi connectivity index (χ0n) is 16.3. The minimum Gasteiger partial charge on any atom is -0.366 e. The fourth-order valence-corrected chi connectivity index (χ4v) is 3.37. The van der Waals surface area contributed by atoms with Gasteiger partial charge >= 0.3 is 6.03 Å². The third-order valence-electron chi connectivity index (χ3n) is 4.62. The van der Waals surface area contributed by atoms with Gasteiger partial charge in [0.2, 0.25) is 0 Å². The normalized spacial score (nSPS) is 14.1. The number of amides is 3. The molecule has 166 valence electrons. The van der Waals surface area contributed by atoms with E-state index in [1.54, 1.807) is 41.4 Å². The van der Waals surface area contributed by atoms with Crippen molar-refractivity contribution in [2.45, 2.75) is 18.9 Å². The maximum atomic E-state index is 12.4. The predicted octanol–water partition coefficient (Wildman–Crippen LogP) is 4.44. The molecule has 0 radical (unpaired) electrons. The number of likely N-dealkylation sites (tertiary alicyclic amines) is 1. The van der Waals surface area contributed by atoms with Gasteiger partial charge in [-0.3, -0.25) is 10.0 Å². The average molecular weight is 487 g/mol. The number of hydroxylamine groups is 1. The number of benzene rings is 1. The molecule has 3 amide bonds. The average Bonchev–Trinajstić information content (AvgIpc) is 2.75. The topological polar surface area (TPSA) is 107 Å². The van der Waals surface area contributed by atoms with Crippen LogP contribution in [0.3, 0.4) is 0 Å². The van der Waals surface area contributed by atoms with Crippen molar-refractivity contribution in [3.8, 4) is 0 Å². The molecule has 2 heterocycles. The Morgan fingerprint density at radius 3 is 2.45 bits per heavy atom. The van der Waals surface area contributed by atoms with Crippen LogP contribution >= 0.6 is 35.6 Å². The number of hydrogen-bond donors (Lipinski definition) is 4. The second-order valence-corrected chi connectivity index (χ2v) is 7.59. The molecule has 11 heteroatoms. The largest absolute Gasteiger partial charge is 0.366 e. The molecule has 1 fully saturated rings. The first-order valence-electron chi connectivity index (χ1n) is 9.30. The Morgan fingerprint density at radius 2 is 1.84 bits per heavy atom. The van der Waals surface area contributed by atoms with Crippen molar-refractivity contribution in [2.75, 3.05) is 23.7 Å². The Bertz CT molecular complexity index is 932. The van der Waals surface area contributed by atoms with E-state index < -0.39 is 5.91 Å². The minimum absolute atomic E-state index is 0. The number of rotatable bonds is 5. The number of nitrogens with zero attached hydrogens (tertiary/aromatic N) is 2. The summed E-state index contributed by atoms with van der Waals surface area (Å²) in [6.45, 7) is 1.21. The van der Waals surface area contributed by atoms with Gasteiger partial charge in [0.05, 0.1) is 5.02 Å². The Morgan fingerprint density at radius 1 is 1.16 bits per heavy atom. The van der Waals surface area contributed by atoms with E-state index in [-0.39, 0.29) is 24.5 Å². The number of carbonyl (C=O) groups is 2. The van der Waals surface area contributed by atoms with Crippen LogP contribution in [-0.2, 0) is 4.79 Å². The van der Waals surface area contributed by atoms with Gasteiger partial charge in [0.1, 0.15) is 5.82 Å². The molecule has 0 unspecified atom stereocenters. The highest BCUT2D eigenvalue weighted by Gasteiger charge is 2.23. The third kappa shape index (κ3) is 7.29. The highest BCUT2D eigenvalue weighted by Crippen LogP contribution is 2.24.